The summed E-state index contributed by atoms with van der Waals surface area (Å²) in [6.07, 6.45) is 12.0. The number of nitrogens with zero attached hydrogens (tertiary/aromatic N) is 5. The number of aldehydes is 1. The molecule has 340 valence electrons. The van der Waals surface area contributed by atoms with Crippen LogP contribution in [0.15, 0.2) is 89.4 Å². The van der Waals surface area contributed by atoms with Gasteiger partial charge in [0.25, 0.3) is 0 Å². The van der Waals surface area contributed by atoms with Crippen molar-refractivity contribution in [3.8, 4) is 0 Å². The van der Waals surface area contributed by atoms with Gasteiger partial charge >= 0.3 is 0 Å². The summed E-state index contributed by atoms with van der Waals surface area (Å²) in [5, 5.41) is 24.2. The number of halogens is 1. The number of piperidine rings is 2. The average Bonchev–Trinajstić information content (AvgIpc) is 3.30. The topological polar surface area (TPSA) is 145 Å². The average molecular weight is 873 g/mol. The number of piperazine rings is 1. The lowest BCUT2D eigenvalue weighted by atomic mass is 9.87. The first kappa shape index (κ1) is 46.6. The molecule has 12 nitrogen and oxygen atoms in total. The van der Waals surface area contributed by atoms with Gasteiger partial charge in [0.1, 0.15) is 23.7 Å². The van der Waals surface area contributed by atoms with E-state index in [4.69, 9.17) is 10.4 Å². The molecule has 1 unspecified atom stereocenters. The summed E-state index contributed by atoms with van der Waals surface area (Å²) in [6, 6.07) is 21.5. The molecule has 0 aliphatic carbocycles. The van der Waals surface area contributed by atoms with E-state index in [0.717, 1.165) is 113 Å². The summed E-state index contributed by atoms with van der Waals surface area (Å²) < 4.78 is 15.4. The minimum Gasteiger partial charge on any atom is -0.395 e. The number of rotatable bonds is 19. The van der Waals surface area contributed by atoms with Crippen molar-refractivity contribution in [2.75, 3.05) is 66.0 Å². The van der Waals surface area contributed by atoms with Crippen LogP contribution in [0.25, 0.3) is 5.57 Å². The number of hydrogen-bond acceptors (Lipinski definition) is 11. The molecule has 4 aliphatic rings. The lowest BCUT2D eigenvalue weighted by Gasteiger charge is -2.38. The number of hydrogen-bond donors (Lipinski definition) is 4. The Morgan fingerprint density at radius 3 is 2.34 bits per heavy atom. The maximum absolute atomic E-state index is 15.4. The zero-order chi connectivity index (χ0) is 45.0. The van der Waals surface area contributed by atoms with Gasteiger partial charge in [0, 0.05) is 74.2 Å². The molecule has 4 heterocycles. The number of benzene rings is 3. The van der Waals surface area contributed by atoms with Gasteiger partial charge < -0.3 is 25.6 Å². The van der Waals surface area contributed by atoms with Gasteiger partial charge in [-0.25, -0.2) is 9.38 Å². The molecule has 2 amide bonds. The minimum absolute atomic E-state index is 0.0743. The molecule has 3 aromatic rings. The summed E-state index contributed by atoms with van der Waals surface area (Å²) >= 11 is 0. The Balaban J connectivity index is 0.887. The summed E-state index contributed by atoms with van der Waals surface area (Å²) in [7, 11) is 1.80. The van der Waals surface area contributed by atoms with Gasteiger partial charge in [-0.15, -0.1) is 0 Å². The first-order chi connectivity index (χ1) is 31.1. The molecule has 0 bridgehead atoms. The summed E-state index contributed by atoms with van der Waals surface area (Å²) in [4.78, 5) is 50.1. The number of nitrogens with one attached hydrogen (secondary N) is 3. The molecule has 3 fully saturated rings. The van der Waals surface area contributed by atoms with E-state index < -0.39 is 6.04 Å². The predicted octanol–water partition coefficient (Wildman–Crippen LogP) is 6.50. The highest BCUT2D eigenvalue weighted by molar-refractivity contribution is 6.23. The largest absolute Gasteiger partial charge is 0.395 e. The fraction of sp³-hybridized carbons (Fsp3) is 0.471. The van der Waals surface area contributed by atoms with Gasteiger partial charge in [0.05, 0.1) is 18.4 Å². The summed E-state index contributed by atoms with van der Waals surface area (Å²) in [5.74, 6) is 0.792. The molecule has 0 spiro atoms. The smallest absolute Gasteiger partial charge is 0.243 e. The molecule has 4 aliphatic heterocycles. The van der Waals surface area contributed by atoms with Crippen molar-refractivity contribution < 1.29 is 23.9 Å². The van der Waals surface area contributed by atoms with Crippen LogP contribution in [0.2, 0.25) is 0 Å². The number of amides is 2. The monoisotopic (exact) mass is 873 g/mol. The number of β-amino-alcohol motifs (C(OH)–C–C–N with tert-alkyl or cyclic N) is 1. The standard InChI is InChI=1S/C51H65FN8O4/c1-36(53)49(39-14-8-6-9-15-39)50-54-45(33-47(55-50)60-26-24-59(25-27-60)28-29-61)40-16-11-13-37(30-40)12-7-4-3-5-10-21-58-22-19-38(20-23-58)43-31-41(42(35-62)32-44(43)52)34-57(2)46-17-18-48(63)56-51(46)64/h6,8-9,11,13-16,30-33,35,38,46,53,55,61H,3-5,7,10,12,17-29,34H2,1-2H3,(H,56,63,64)/b50-49+,53-36?. The zero-order valence-electron chi connectivity index (χ0n) is 37.6. The highest BCUT2D eigenvalue weighted by Gasteiger charge is 2.31. The molecule has 1 atom stereocenters. The number of carbonyl (C=O) groups is 3. The number of allylic oxidation sites excluding steroid dienone is 2. The quantitative estimate of drug-likeness (QED) is 0.0460. The van der Waals surface area contributed by atoms with Crippen molar-refractivity contribution in [3.63, 3.8) is 0 Å². The molecule has 7 rings (SSSR count). The molecule has 0 radical (unpaired) electrons. The maximum Gasteiger partial charge on any atom is 0.243 e. The number of aliphatic hydroxyl groups is 1. The molecule has 3 aromatic carbocycles. The Hall–Kier alpha value is -5.34. The van der Waals surface area contributed by atoms with Gasteiger partial charge in [0.2, 0.25) is 11.8 Å². The van der Waals surface area contributed by atoms with Gasteiger partial charge in [-0.05, 0) is 112 Å². The van der Waals surface area contributed by atoms with Crippen LogP contribution in [0.1, 0.15) is 109 Å². The molecular formula is C51H65FN8O4. The molecule has 0 saturated carbocycles. The highest BCUT2D eigenvalue weighted by Crippen LogP contribution is 2.33. The number of aliphatic imine (C=N–C) groups is 1. The van der Waals surface area contributed by atoms with Gasteiger partial charge in [-0.2, -0.15) is 0 Å². The van der Waals surface area contributed by atoms with Crippen LogP contribution in [-0.4, -0.2) is 126 Å². The Morgan fingerprint density at radius 2 is 1.62 bits per heavy atom. The van der Waals surface area contributed by atoms with Crippen molar-refractivity contribution in [2.24, 2.45) is 4.99 Å². The number of unbranched alkanes of at least 4 members (excludes halogenated alkanes) is 4. The molecule has 0 aromatic heterocycles. The lowest BCUT2D eigenvalue weighted by Crippen LogP contribution is -2.51. The normalized spacial score (nSPS) is 19.8. The van der Waals surface area contributed by atoms with Crippen molar-refractivity contribution in [2.45, 2.75) is 89.6 Å². The van der Waals surface area contributed by atoms with Crippen LogP contribution in [-0.2, 0) is 22.6 Å². The predicted molar refractivity (Wildman–Crippen MR) is 251 cm³/mol. The van der Waals surface area contributed by atoms with Crippen molar-refractivity contribution in [1.82, 2.24) is 30.2 Å². The lowest BCUT2D eigenvalue weighted by molar-refractivity contribution is -0.137. The van der Waals surface area contributed by atoms with Crippen LogP contribution in [0.5, 0.6) is 0 Å². The number of aryl methyl sites for hydroxylation is 1. The third-order valence-corrected chi connectivity index (χ3v) is 13.3. The molecule has 4 N–H and O–H groups in total. The van der Waals surface area contributed by atoms with Crippen LogP contribution in [0.3, 0.4) is 0 Å². The third-order valence-electron chi connectivity index (χ3n) is 13.3. The second-order valence-corrected chi connectivity index (χ2v) is 17.8. The van der Waals surface area contributed by atoms with E-state index in [1.165, 1.54) is 24.5 Å². The van der Waals surface area contributed by atoms with E-state index in [0.29, 0.717) is 54.0 Å². The van der Waals surface area contributed by atoms with E-state index >= 15 is 4.39 Å². The SMILES string of the molecule is CC(=N)/C(=C1/N=C(c2cccc(CCCCCCCN3CCC(c4cc(CN(C)C5CCC(=O)NC5=O)c(C=O)cc4F)CC3)c2)C=C(N2CCN(CCO)CC2)N1)c1ccccc1. The second kappa shape index (κ2) is 22.5. The second-order valence-electron chi connectivity index (χ2n) is 17.8. The maximum atomic E-state index is 15.4. The zero-order valence-corrected chi connectivity index (χ0v) is 37.6. The van der Waals surface area contributed by atoms with E-state index in [1.54, 1.807) is 7.05 Å². The van der Waals surface area contributed by atoms with Crippen molar-refractivity contribution in [1.29, 1.82) is 5.41 Å². The van der Waals surface area contributed by atoms with E-state index in [1.807, 2.05) is 48.2 Å². The van der Waals surface area contributed by atoms with E-state index in [-0.39, 0.29) is 36.6 Å². The Kier molecular flexibility index (Phi) is 16.4. The van der Waals surface area contributed by atoms with Crippen LogP contribution < -0.4 is 10.6 Å². The minimum atomic E-state index is -0.471. The number of imide groups is 1. The fourth-order valence-corrected chi connectivity index (χ4v) is 9.64. The van der Waals surface area contributed by atoms with Gasteiger partial charge in [-0.3, -0.25) is 29.5 Å². The fourth-order valence-electron chi connectivity index (χ4n) is 9.64. The third kappa shape index (κ3) is 12.1. The molecule has 3 saturated heterocycles. The number of carbonyl (C=O) groups excluding carboxylic acids is 3. The van der Waals surface area contributed by atoms with Gasteiger partial charge in [-0.1, -0.05) is 73.9 Å². The first-order valence-electron chi connectivity index (χ1n) is 23.2. The Bertz CT molecular complexity index is 2230. The summed E-state index contributed by atoms with van der Waals surface area (Å²) in [5.41, 5.74) is 7.06. The van der Waals surface area contributed by atoms with E-state index in [2.05, 4.69) is 55.7 Å². The van der Waals surface area contributed by atoms with E-state index in [9.17, 15) is 19.5 Å². The summed E-state index contributed by atoms with van der Waals surface area (Å²) in [6.45, 7) is 9.24. The first-order valence-corrected chi connectivity index (χ1v) is 23.2. The van der Waals surface area contributed by atoms with Gasteiger partial charge in [0.15, 0.2) is 0 Å². The number of likely N-dealkylation sites (N-methyl/N-ethyl adjacent to an activating group) is 1. The van der Waals surface area contributed by atoms with Crippen LogP contribution in [0, 0.1) is 11.2 Å². The molecule has 64 heavy (non-hydrogen) atoms. The van der Waals surface area contributed by atoms with Crippen LogP contribution >= 0.6 is 0 Å². The Morgan fingerprint density at radius 1 is 0.891 bits per heavy atom. The Labute approximate surface area is 377 Å². The van der Waals surface area contributed by atoms with Crippen LogP contribution in [0.4, 0.5) is 4.39 Å². The molecular weight excluding hydrogens is 808 g/mol. The highest BCUT2D eigenvalue weighted by atomic mass is 19.1. The number of aliphatic hydroxyl groups excluding tert-OH is 1. The van der Waals surface area contributed by atoms with Crippen molar-refractivity contribution in [3.05, 3.63) is 124 Å². The molecule has 13 heteroatoms. The van der Waals surface area contributed by atoms with Crippen molar-refractivity contribution >= 4 is 35.1 Å². The number of likely N-dealkylation sites (tertiary alicyclic amines) is 1.